The van der Waals surface area contributed by atoms with Crippen LogP contribution in [-0.4, -0.2) is 33.7 Å². The van der Waals surface area contributed by atoms with Crippen LogP contribution in [0.15, 0.2) is 0 Å². The van der Waals surface area contributed by atoms with Crippen molar-refractivity contribution >= 4 is 19.2 Å². The summed E-state index contributed by atoms with van der Waals surface area (Å²) in [5, 5.41) is 9.22. The van der Waals surface area contributed by atoms with Crippen LogP contribution in [0.4, 0.5) is 0 Å². The lowest BCUT2D eigenvalue weighted by Gasteiger charge is -2.30. The third-order valence-electron chi connectivity index (χ3n) is 1.75. The van der Waals surface area contributed by atoms with E-state index < -0.39 is 19.3 Å². The molecule has 0 rings (SSSR count). The van der Waals surface area contributed by atoms with Crippen LogP contribution in [0, 0.1) is 0 Å². The first kappa shape index (κ1) is 13.4. The van der Waals surface area contributed by atoms with E-state index in [2.05, 4.69) is 0 Å². The molecule has 0 radical (unpaired) electrons. The molecule has 0 fully saturated rings. The Morgan fingerprint density at radius 3 is 2.38 bits per heavy atom. The molecule has 2 N–H and O–H groups in total. The van der Waals surface area contributed by atoms with Crippen molar-refractivity contribution in [2.75, 3.05) is 12.0 Å². The van der Waals surface area contributed by atoms with Crippen LogP contribution in [-0.2, 0) is 9.09 Å². The average molecular weight is 231 g/mol. The van der Waals surface area contributed by atoms with Crippen LogP contribution < -0.4 is 0 Å². The number of hydrogen-bond donors (Lipinski definition) is 2. The van der Waals surface area contributed by atoms with Gasteiger partial charge in [0.1, 0.15) is 0 Å². The first-order valence-corrected chi connectivity index (χ1v) is 6.27. The molecule has 0 bridgehead atoms. The van der Waals surface area contributed by atoms with Gasteiger partial charge in [0.05, 0.1) is 17.9 Å². The summed E-state index contributed by atoms with van der Waals surface area (Å²) in [6, 6.07) is 0. The topological polar surface area (TPSA) is 66.8 Å². The van der Waals surface area contributed by atoms with Gasteiger partial charge >= 0.3 is 7.60 Å². The van der Waals surface area contributed by atoms with E-state index in [4.69, 9.17) is 16.1 Å². The lowest BCUT2D eigenvalue weighted by molar-refractivity contribution is -0.0237. The Balaban J connectivity index is 4.33. The summed E-state index contributed by atoms with van der Waals surface area (Å²) in [5.41, 5.74) is -1.03. The Hall–Kier alpha value is 0.400. The van der Waals surface area contributed by atoms with Gasteiger partial charge in [-0.25, -0.2) is 0 Å². The van der Waals surface area contributed by atoms with Crippen LogP contribution in [0.1, 0.15) is 20.8 Å². The maximum Gasteiger partial charge on any atom is 0.329 e. The molecular weight excluding hydrogens is 214 g/mol. The average Bonchev–Trinajstić information content (AvgIpc) is 1.83. The van der Waals surface area contributed by atoms with Crippen molar-refractivity contribution in [2.45, 2.75) is 32.5 Å². The van der Waals surface area contributed by atoms with Crippen molar-refractivity contribution in [3.63, 3.8) is 0 Å². The maximum atomic E-state index is 11.3. The highest BCUT2D eigenvalue weighted by Crippen LogP contribution is 2.46. The summed E-state index contributed by atoms with van der Waals surface area (Å²) >= 11 is 5.32. The fourth-order valence-corrected chi connectivity index (χ4v) is 2.43. The fraction of sp³-hybridized carbons (Fsp3) is 1.00. The Bertz CT molecular complexity index is 205. The van der Waals surface area contributed by atoms with E-state index in [9.17, 15) is 14.6 Å². The fourth-order valence-electron chi connectivity index (χ4n) is 0.596. The molecule has 0 aliphatic heterocycles. The highest BCUT2D eigenvalue weighted by molar-refractivity contribution is 7.53. The summed E-state index contributed by atoms with van der Waals surface area (Å²) in [5.74, 6) is 0.0592. The van der Waals surface area contributed by atoms with Crippen LogP contribution in [0.25, 0.3) is 0 Å². The number of alkyl halides is 1. The number of aliphatic hydroxyl groups is 1. The molecule has 0 heterocycles. The molecule has 13 heavy (non-hydrogen) atoms. The molecule has 0 saturated carbocycles. The van der Waals surface area contributed by atoms with Gasteiger partial charge in [0.15, 0.2) is 0 Å². The van der Waals surface area contributed by atoms with Crippen LogP contribution >= 0.6 is 19.2 Å². The van der Waals surface area contributed by atoms with Crippen LogP contribution in [0.3, 0.4) is 0 Å². The van der Waals surface area contributed by atoms with Crippen molar-refractivity contribution in [2.24, 2.45) is 0 Å². The first-order valence-electron chi connectivity index (χ1n) is 3.98. The van der Waals surface area contributed by atoms with Gasteiger partial charge in [0.2, 0.25) is 0 Å². The van der Waals surface area contributed by atoms with Gasteiger partial charge < -0.3 is 10.00 Å². The van der Waals surface area contributed by atoms with Crippen LogP contribution in [0.2, 0.25) is 0 Å². The maximum absolute atomic E-state index is 11.3. The summed E-state index contributed by atoms with van der Waals surface area (Å²) < 4.78 is 16.2. The molecule has 4 nitrogen and oxygen atoms in total. The van der Waals surface area contributed by atoms with Gasteiger partial charge in [-0.3, -0.25) is 9.09 Å². The van der Waals surface area contributed by atoms with Gasteiger partial charge in [-0.1, -0.05) is 0 Å². The lowest BCUT2D eigenvalue weighted by Crippen LogP contribution is -2.36. The predicted molar refractivity (Wildman–Crippen MR) is 52.3 cm³/mol. The Labute approximate surface area is 83.4 Å². The summed E-state index contributed by atoms with van der Waals surface area (Å²) in [6.45, 7) is 4.60. The van der Waals surface area contributed by atoms with Gasteiger partial charge in [0.25, 0.3) is 0 Å². The first-order chi connectivity index (χ1) is 5.71. The Morgan fingerprint density at radius 2 is 2.08 bits per heavy atom. The standard InChI is InChI=1S/C7H16ClO4P/c1-6(9)7(2,3)12-13(10,11)5-4-8/h6,9H,4-5H2,1-3H3,(H,10,11). The van der Waals surface area contributed by atoms with Gasteiger partial charge in [-0.05, 0) is 20.8 Å². The second-order valence-electron chi connectivity index (χ2n) is 3.42. The summed E-state index contributed by atoms with van der Waals surface area (Å²) in [7, 11) is -3.66. The zero-order valence-corrected chi connectivity index (χ0v) is 9.68. The second kappa shape index (κ2) is 4.76. The molecule has 0 aromatic rings. The molecule has 0 aromatic heterocycles. The van der Waals surface area contributed by atoms with E-state index in [0.29, 0.717) is 0 Å². The highest BCUT2D eigenvalue weighted by atomic mass is 35.5. The van der Waals surface area contributed by atoms with Gasteiger partial charge in [-0.2, -0.15) is 0 Å². The van der Waals surface area contributed by atoms with Gasteiger partial charge in [0, 0.05) is 5.88 Å². The number of hydrogen-bond acceptors (Lipinski definition) is 3. The normalized spacial score (nSPS) is 19.5. The van der Waals surface area contributed by atoms with Crippen molar-refractivity contribution in [1.82, 2.24) is 0 Å². The molecule has 0 aliphatic carbocycles. The molecular formula is C7H16ClO4P. The van der Waals surface area contributed by atoms with E-state index in [0.717, 1.165) is 0 Å². The number of halogens is 1. The smallest absolute Gasteiger partial charge is 0.329 e. The van der Waals surface area contributed by atoms with Crippen molar-refractivity contribution in [3.8, 4) is 0 Å². The largest absolute Gasteiger partial charge is 0.390 e. The Morgan fingerprint density at radius 1 is 1.62 bits per heavy atom. The second-order valence-corrected chi connectivity index (χ2v) is 5.70. The molecule has 0 aliphatic rings. The molecule has 0 saturated heterocycles. The zero-order valence-electron chi connectivity index (χ0n) is 8.03. The molecule has 80 valence electrons. The molecule has 2 unspecified atom stereocenters. The van der Waals surface area contributed by atoms with E-state index >= 15 is 0 Å². The molecule has 6 heteroatoms. The van der Waals surface area contributed by atoms with Crippen molar-refractivity contribution in [1.29, 1.82) is 0 Å². The summed E-state index contributed by atoms with van der Waals surface area (Å²) in [4.78, 5) is 9.24. The van der Waals surface area contributed by atoms with E-state index in [-0.39, 0.29) is 12.0 Å². The third-order valence-corrected chi connectivity index (χ3v) is 3.75. The minimum atomic E-state index is -3.66. The van der Waals surface area contributed by atoms with E-state index in [1.54, 1.807) is 13.8 Å². The lowest BCUT2D eigenvalue weighted by atomic mass is 10.0. The van der Waals surface area contributed by atoms with Crippen molar-refractivity contribution in [3.05, 3.63) is 0 Å². The third kappa shape index (κ3) is 4.99. The quantitative estimate of drug-likeness (QED) is 0.556. The predicted octanol–water partition coefficient (Wildman–Crippen LogP) is 1.59. The molecule has 2 atom stereocenters. The van der Waals surface area contributed by atoms with Gasteiger partial charge in [-0.15, -0.1) is 11.6 Å². The van der Waals surface area contributed by atoms with E-state index in [1.807, 2.05) is 0 Å². The summed E-state index contributed by atoms with van der Waals surface area (Å²) in [6.07, 6.45) is -0.923. The van der Waals surface area contributed by atoms with Crippen molar-refractivity contribution < 1.29 is 19.1 Å². The number of aliphatic hydroxyl groups excluding tert-OH is 1. The monoisotopic (exact) mass is 230 g/mol. The Kier molecular flexibility index (Phi) is 4.91. The van der Waals surface area contributed by atoms with E-state index in [1.165, 1.54) is 6.92 Å². The minimum absolute atomic E-state index is 0.0592. The highest BCUT2D eigenvalue weighted by Gasteiger charge is 2.33. The SMILES string of the molecule is CC(O)C(C)(C)OP(=O)(O)CCCl. The molecule has 0 spiro atoms. The molecule has 0 aromatic carbocycles. The number of rotatable bonds is 5. The molecule has 0 amide bonds. The van der Waals surface area contributed by atoms with Crippen LogP contribution in [0.5, 0.6) is 0 Å². The zero-order chi connectivity index (χ0) is 10.7. The minimum Gasteiger partial charge on any atom is -0.390 e.